The number of benzene rings is 2. The van der Waals surface area contributed by atoms with Gasteiger partial charge in [-0.3, -0.25) is 0 Å². The first-order chi connectivity index (χ1) is 13.8. The van der Waals surface area contributed by atoms with Gasteiger partial charge in [0.25, 0.3) is 0 Å². The molecule has 0 aliphatic rings. The lowest BCUT2D eigenvalue weighted by atomic mass is 9.93. The fourth-order valence-corrected chi connectivity index (χ4v) is 4.42. The number of aliphatic hydroxyl groups excluding tert-OH is 1. The minimum absolute atomic E-state index is 0.0281. The van der Waals surface area contributed by atoms with Crippen LogP contribution in [0.15, 0.2) is 40.2 Å². The molecule has 2 aromatic carbocycles. The number of carbonyl (C=O) groups excluding carboxylic acids is 1. The Hall–Kier alpha value is -1.29. The van der Waals surface area contributed by atoms with E-state index in [0.29, 0.717) is 10.6 Å². The second kappa shape index (κ2) is 11.4. The van der Waals surface area contributed by atoms with Crippen molar-refractivity contribution in [2.75, 3.05) is 0 Å². The topological polar surface area (TPSA) is 110 Å². The molecule has 2 aromatic rings. The highest BCUT2D eigenvalue weighted by Gasteiger charge is 2.15. The van der Waals surface area contributed by atoms with E-state index in [1.165, 1.54) is 12.1 Å². The quantitative estimate of drug-likeness (QED) is 0.282. The molecule has 1 unspecified atom stereocenters. The first kappa shape index (κ1) is 26.7. The predicted molar refractivity (Wildman–Crippen MR) is 129 cm³/mol. The smallest absolute Gasteiger partial charge is 0.240 e. The molecule has 6 nitrogen and oxygen atoms in total. The van der Waals surface area contributed by atoms with Crippen molar-refractivity contribution < 1.29 is 18.3 Å². The molecule has 1 atom stereocenters. The average Bonchev–Trinajstić information content (AvgIpc) is 2.61. The van der Waals surface area contributed by atoms with Crippen LogP contribution in [-0.2, 0) is 14.8 Å². The molecule has 0 saturated carbocycles. The SMILES string of the molecule is CC(C)c1cc(Cl)cc(C(C)C)c1N=C=O.CC(O)c1cc(I)cc(S(N)(=O)=O)c1. The second-order valence-corrected chi connectivity index (χ2v) is 10.6. The van der Waals surface area contributed by atoms with Crippen molar-refractivity contribution in [1.29, 1.82) is 0 Å². The summed E-state index contributed by atoms with van der Waals surface area (Å²) in [6, 6.07) is 8.28. The molecule has 0 fully saturated rings. The van der Waals surface area contributed by atoms with Gasteiger partial charge in [-0.2, -0.15) is 4.99 Å². The molecule has 0 aliphatic carbocycles. The summed E-state index contributed by atoms with van der Waals surface area (Å²) in [5.41, 5.74) is 3.27. The van der Waals surface area contributed by atoms with Crippen LogP contribution in [0.1, 0.15) is 69.2 Å². The lowest BCUT2D eigenvalue weighted by molar-refractivity contribution is 0.199. The lowest BCUT2D eigenvalue weighted by Crippen LogP contribution is -2.13. The third kappa shape index (κ3) is 7.76. The molecule has 0 saturated heterocycles. The average molecular weight is 565 g/mol. The van der Waals surface area contributed by atoms with Crippen molar-refractivity contribution in [2.24, 2.45) is 10.1 Å². The van der Waals surface area contributed by atoms with Crippen LogP contribution in [0.4, 0.5) is 5.69 Å². The van der Waals surface area contributed by atoms with E-state index in [0.717, 1.165) is 20.4 Å². The standard InChI is InChI=1S/C13H16ClNO.C8H10INO3S/c1-8(2)11-5-10(14)6-12(9(3)4)13(11)15-7-16;1-5(11)6-2-7(9)4-8(3-6)14(10,12)13/h5-6,8-9H,1-4H3;2-5,11H,1H3,(H2,10,12,13). The summed E-state index contributed by atoms with van der Waals surface area (Å²) in [5, 5.41) is 15.0. The van der Waals surface area contributed by atoms with Crippen LogP contribution in [0.3, 0.4) is 0 Å². The van der Waals surface area contributed by atoms with Gasteiger partial charge in [0.15, 0.2) is 0 Å². The number of aliphatic hydroxyl groups is 1. The summed E-state index contributed by atoms with van der Waals surface area (Å²) in [6.07, 6.45) is 0.922. The van der Waals surface area contributed by atoms with E-state index in [1.807, 2.05) is 34.7 Å². The first-order valence-corrected chi connectivity index (χ1v) is 12.2. The van der Waals surface area contributed by atoms with E-state index in [2.05, 4.69) is 32.7 Å². The van der Waals surface area contributed by atoms with Crippen molar-refractivity contribution in [3.05, 3.63) is 55.6 Å². The van der Waals surface area contributed by atoms with E-state index in [9.17, 15) is 18.3 Å². The fourth-order valence-electron chi connectivity index (χ4n) is 2.69. The maximum Gasteiger partial charge on any atom is 0.240 e. The number of rotatable bonds is 5. The van der Waals surface area contributed by atoms with Gasteiger partial charge in [-0.05, 0) is 88.4 Å². The van der Waals surface area contributed by atoms with Crippen molar-refractivity contribution in [1.82, 2.24) is 0 Å². The van der Waals surface area contributed by atoms with Crippen LogP contribution in [0.25, 0.3) is 0 Å². The fraction of sp³-hybridized carbons (Fsp3) is 0.381. The Balaban J connectivity index is 0.000000303. The third-order valence-corrected chi connectivity index (χ3v) is 5.97. The van der Waals surface area contributed by atoms with Crippen LogP contribution in [0, 0.1) is 3.57 Å². The molecular formula is C21H26ClIN2O4S. The molecule has 30 heavy (non-hydrogen) atoms. The summed E-state index contributed by atoms with van der Waals surface area (Å²) in [4.78, 5) is 14.3. The number of primary sulfonamides is 1. The molecule has 164 valence electrons. The minimum atomic E-state index is -3.70. The zero-order valence-corrected chi connectivity index (χ0v) is 21.2. The van der Waals surface area contributed by atoms with E-state index in [4.69, 9.17) is 16.7 Å². The molecule has 3 N–H and O–H groups in total. The Labute approximate surface area is 196 Å². The number of hydrogen-bond donors (Lipinski definition) is 2. The van der Waals surface area contributed by atoms with Gasteiger partial charge in [0, 0.05) is 8.59 Å². The van der Waals surface area contributed by atoms with Crippen LogP contribution in [-0.4, -0.2) is 19.6 Å². The lowest BCUT2D eigenvalue weighted by Gasteiger charge is -2.16. The summed E-state index contributed by atoms with van der Waals surface area (Å²) in [6.45, 7) is 9.79. The Morgan fingerprint density at radius 3 is 1.90 bits per heavy atom. The Bertz CT molecular complexity index is 1020. The first-order valence-electron chi connectivity index (χ1n) is 9.20. The van der Waals surface area contributed by atoms with Gasteiger partial charge in [-0.25, -0.2) is 18.4 Å². The van der Waals surface area contributed by atoms with E-state index in [-0.39, 0.29) is 16.7 Å². The third-order valence-electron chi connectivity index (χ3n) is 4.24. The van der Waals surface area contributed by atoms with Crippen molar-refractivity contribution in [3.63, 3.8) is 0 Å². The van der Waals surface area contributed by atoms with Gasteiger partial charge >= 0.3 is 0 Å². The molecule has 0 spiro atoms. The molecule has 0 heterocycles. The number of halogens is 2. The van der Waals surface area contributed by atoms with E-state index >= 15 is 0 Å². The van der Waals surface area contributed by atoms with Gasteiger partial charge < -0.3 is 5.11 Å². The highest BCUT2D eigenvalue weighted by molar-refractivity contribution is 14.1. The highest BCUT2D eigenvalue weighted by atomic mass is 127. The maximum absolute atomic E-state index is 11.1. The van der Waals surface area contributed by atoms with Gasteiger partial charge in [-0.15, -0.1) is 0 Å². The summed E-state index contributed by atoms with van der Waals surface area (Å²) in [5.74, 6) is 0.562. The van der Waals surface area contributed by atoms with Crippen LogP contribution >= 0.6 is 34.2 Å². The Morgan fingerprint density at radius 1 is 1.03 bits per heavy atom. The zero-order chi connectivity index (χ0) is 23.2. The van der Waals surface area contributed by atoms with Crippen molar-refractivity contribution in [3.8, 4) is 0 Å². The Kier molecular flexibility index (Phi) is 10.1. The minimum Gasteiger partial charge on any atom is -0.389 e. The van der Waals surface area contributed by atoms with Crippen LogP contribution in [0.5, 0.6) is 0 Å². The van der Waals surface area contributed by atoms with E-state index < -0.39 is 16.1 Å². The molecule has 0 radical (unpaired) electrons. The molecule has 0 amide bonds. The second-order valence-electron chi connectivity index (χ2n) is 7.39. The molecule has 2 rings (SSSR count). The van der Waals surface area contributed by atoms with Gasteiger partial charge in [0.1, 0.15) is 0 Å². The normalized spacial score (nSPS) is 12.2. The Morgan fingerprint density at radius 2 is 1.53 bits per heavy atom. The maximum atomic E-state index is 11.1. The molecule has 0 bridgehead atoms. The zero-order valence-electron chi connectivity index (χ0n) is 17.5. The summed E-state index contributed by atoms with van der Waals surface area (Å²) >= 11 is 8.04. The number of sulfonamides is 1. The van der Waals surface area contributed by atoms with E-state index in [1.54, 1.807) is 19.1 Å². The van der Waals surface area contributed by atoms with Crippen molar-refractivity contribution in [2.45, 2.75) is 57.5 Å². The molecule has 0 aliphatic heterocycles. The summed E-state index contributed by atoms with van der Waals surface area (Å²) in [7, 11) is -3.70. The highest BCUT2D eigenvalue weighted by Crippen LogP contribution is 2.37. The van der Waals surface area contributed by atoms with Gasteiger partial charge in [0.05, 0.1) is 16.7 Å². The summed E-state index contributed by atoms with van der Waals surface area (Å²) < 4.78 is 22.8. The van der Waals surface area contributed by atoms with Crippen LogP contribution < -0.4 is 5.14 Å². The van der Waals surface area contributed by atoms with Crippen molar-refractivity contribution >= 4 is 56.0 Å². The molecule has 0 aromatic heterocycles. The van der Waals surface area contributed by atoms with Crippen LogP contribution in [0.2, 0.25) is 5.02 Å². The number of aliphatic imine (C=N–C) groups is 1. The number of isocyanates is 1. The van der Waals surface area contributed by atoms with Gasteiger partial charge in [0.2, 0.25) is 16.1 Å². The monoisotopic (exact) mass is 564 g/mol. The predicted octanol–water partition coefficient (Wildman–Crippen LogP) is 5.55. The molecule has 9 heteroatoms. The number of nitrogens with two attached hydrogens (primary N) is 1. The largest absolute Gasteiger partial charge is 0.389 e. The number of nitrogens with zero attached hydrogens (tertiary/aromatic N) is 1. The van der Waals surface area contributed by atoms with Gasteiger partial charge in [-0.1, -0.05) is 39.3 Å². The number of hydrogen-bond acceptors (Lipinski definition) is 5. The molecular weight excluding hydrogens is 539 g/mol.